The van der Waals surface area contributed by atoms with Gasteiger partial charge in [-0.15, -0.1) is 0 Å². The Labute approximate surface area is 108 Å². The van der Waals surface area contributed by atoms with Gasteiger partial charge in [-0.2, -0.15) is 5.26 Å². The van der Waals surface area contributed by atoms with Crippen LogP contribution in [0.1, 0.15) is 13.3 Å². The molecule has 0 fully saturated rings. The third-order valence-electron chi connectivity index (χ3n) is 2.90. The third-order valence-corrected chi connectivity index (χ3v) is 3.88. The Balaban J connectivity index is 3.04. The zero-order chi connectivity index (χ0) is 13.9. The maximum Gasteiger partial charge on any atom is 0.248 e. The van der Waals surface area contributed by atoms with Crippen LogP contribution in [0.4, 0.5) is 0 Å². The monoisotopic (exact) mass is 267 g/mol. The average molecular weight is 267 g/mol. The van der Waals surface area contributed by atoms with Gasteiger partial charge in [-0.25, -0.2) is 13.6 Å². The van der Waals surface area contributed by atoms with Crippen molar-refractivity contribution in [1.29, 1.82) is 5.26 Å². The van der Waals surface area contributed by atoms with Gasteiger partial charge in [-0.05, 0) is 25.0 Å². The summed E-state index contributed by atoms with van der Waals surface area (Å²) in [6, 6.07) is 1.67. The molecule has 0 aromatic rings. The summed E-state index contributed by atoms with van der Waals surface area (Å²) in [7, 11) is -0.0703. The highest BCUT2D eigenvalue weighted by Crippen LogP contribution is 2.27. The highest BCUT2D eigenvalue weighted by atomic mass is 32.2. The van der Waals surface area contributed by atoms with Crippen LogP contribution < -0.4 is 5.14 Å². The quantitative estimate of drug-likeness (QED) is 0.775. The van der Waals surface area contributed by atoms with Gasteiger partial charge in [0.15, 0.2) is 4.91 Å². The summed E-state index contributed by atoms with van der Waals surface area (Å²) in [6.45, 7) is 1.63. The van der Waals surface area contributed by atoms with Crippen molar-refractivity contribution in [3.63, 3.8) is 0 Å². The fraction of sp³-hybridized carbons (Fsp3) is 0.417. The molecule has 2 N–H and O–H groups in total. The zero-order valence-electron chi connectivity index (χ0n) is 10.7. The number of nitriles is 1. The zero-order valence-corrected chi connectivity index (χ0v) is 11.5. The number of primary sulfonamides is 1. The Morgan fingerprint density at radius 3 is 2.50 bits per heavy atom. The summed E-state index contributed by atoms with van der Waals surface area (Å²) in [5, 5.41) is 13.9. The molecule has 1 unspecified atom stereocenters. The molecule has 18 heavy (non-hydrogen) atoms. The van der Waals surface area contributed by atoms with Crippen LogP contribution in [0, 0.1) is 17.2 Å². The Kier molecular flexibility index (Phi) is 4.33. The summed E-state index contributed by atoms with van der Waals surface area (Å²) in [6.07, 6.45) is 6.48. The minimum absolute atomic E-state index is 0.0957. The molecule has 98 valence electrons. The van der Waals surface area contributed by atoms with Gasteiger partial charge in [0.2, 0.25) is 10.0 Å². The first-order chi connectivity index (χ1) is 8.27. The number of nitrogens with two attached hydrogens (primary N) is 1. The van der Waals surface area contributed by atoms with Crippen molar-refractivity contribution in [2.45, 2.75) is 13.3 Å². The molecule has 1 aliphatic rings. The minimum atomic E-state index is -3.94. The predicted molar refractivity (Wildman–Crippen MR) is 70.4 cm³/mol. The van der Waals surface area contributed by atoms with E-state index in [-0.39, 0.29) is 10.8 Å². The van der Waals surface area contributed by atoms with E-state index in [1.54, 1.807) is 13.0 Å². The number of hydrogen-bond donors (Lipinski definition) is 1. The fourth-order valence-corrected chi connectivity index (χ4v) is 2.53. The molecule has 0 amide bonds. The fourth-order valence-electron chi connectivity index (χ4n) is 1.81. The van der Waals surface area contributed by atoms with Crippen LogP contribution in [-0.2, 0) is 10.0 Å². The average Bonchev–Trinajstić information content (AvgIpc) is 2.28. The molecule has 1 rings (SSSR count). The summed E-state index contributed by atoms with van der Waals surface area (Å²) in [4.78, 5) is 1.63. The molecule has 0 saturated heterocycles. The van der Waals surface area contributed by atoms with Gasteiger partial charge >= 0.3 is 0 Å². The van der Waals surface area contributed by atoms with E-state index in [1.807, 2.05) is 37.2 Å². The molecular weight excluding hydrogens is 250 g/mol. The van der Waals surface area contributed by atoms with E-state index in [2.05, 4.69) is 0 Å². The lowest BCUT2D eigenvalue weighted by Crippen LogP contribution is -2.18. The number of rotatable bonds is 3. The Morgan fingerprint density at radius 1 is 1.56 bits per heavy atom. The molecular formula is C12H17N3O2S. The van der Waals surface area contributed by atoms with Crippen LogP contribution in [0.15, 0.2) is 34.4 Å². The molecule has 0 aromatic carbocycles. The van der Waals surface area contributed by atoms with Crippen LogP contribution in [0.25, 0.3) is 0 Å². The lowest BCUT2D eigenvalue weighted by Gasteiger charge is -2.21. The first-order valence-electron chi connectivity index (χ1n) is 5.46. The first kappa shape index (κ1) is 14.5. The van der Waals surface area contributed by atoms with Crippen LogP contribution >= 0.6 is 0 Å². The van der Waals surface area contributed by atoms with E-state index >= 15 is 0 Å². The van der Waals surface area contributed by atoms with Gasteiger partial charge in [0, 0.05) is 25.7 Å². The van der Waals surface area contributed by atoms with Gasteiger partial charge in [0.1, 0.15) is 6.07 Å². The number of sulfonamides is 1. The summed E-state index contributed by atoms with van der Waals surface area (Å²) in [5.74, 6) is -0.0957. The number of nitrogens with zero attached hydrogens (tertiary/aromatic N) is 2. The largest absolute Gasteiger partial charge is 0.378 e. The van der Waals surface area contributed by atoms with Crippen molar-refractivity contribution in [2.24, 2.45) is 11.1 Å². The molecule has 0 aliphatic heterocycles. The van der Waals surface area contributed by atoms with E-state index in [9.17, 15) is 8.42 Å². The summed E-state index contributed by atoms with van der Waals surface area (Å²) < 4.78 is 22.5. The predicted octanol–water partition coefficient (Wildman–Crippen LogP) is 1.09. The number of likely N-dealkylation sites (N-methyl/N-ethyl adjacent to an activating group) is 1. The van der Waals surface area contributed by atoms with Gasteiger partial charge in [-0.1, -0.05) is 12.2 Å². The van der Waals surface area contributed by atoms with Gasteiger partial charge < -0.3 is 4.90 Å². The number of allylic oxidation sites excluding steroid dienone is 5. The second kappa shape index (κ2) is 5.38. The van der Waals surface area contributed by atoms with E-state index in [0.29, 0.717) is 12.0 Å². The first-order valence-corrected chi connectivity index (χ1v) is 7.01. The molecule has 1 aliphatic carbocycles. The maximum atomic E-state index is 11.3. The summed E-state index contributed by atoms with van der Waals surface area (Å²) in [5.41, 5.74) is 1.55. The van der Waals surface area contributed by atoms with E-state index in [1.165, 1.54) is 0 Å². The Bertz CT molecular complexity index is 563. The molecule has 5 nitrogen and oxygen atoms in total. The van der Waals surface area contributed by atoms with Crippen molar-refractivity contribution in [1.82, 2.24) is 4.90 Å². The summed E-state index contributed by atoms with van der Waals surface area (Å²) >= 11 is 0. The minimum Gasteiger partial charge on any atom is -0.378 e. The van der Waals surface area contributed by atoms with Crippen LogP contribution in [-0.4, -0.2) is 27.4 Å². The normalized spacial score (nSPS) is 20.8. The third kappa shape index (κ3) is 3.22. The molecule has 0 aromatic heterocycles. The topological polar surface area (TPSA) is 87.2 Å². The van der Waals surface area contributed by atoms with Crippen molar-refractivity contribution in [3.8, 4) is 6.07 Å². The molecule has 6 heteroatoms. The number of hydrogen-bond acceptors (Lipinski definition) is 4. The van der Waals surface area contributed by atoms with Gasteiger partial charge in [0.05, 0.1) is 0 Å². The van der Waals surface area contributed by atoms with Crippen LogP contribution in [0.3, 0.4) is 0 Å². The van der Waals surface area contributed by atoms with E-state index < -0.39 is 10.0 Å². The molecule has 0 bridgehead atoms. The SMILES string of the molecule is C/C(=C(/C#N)S(N)(=O)=O)C1C=CC(N(C)C)=CC1. The van der Waals surface area contributed by atoms with Crippen LogP contribution in [0.5, 0.6) is 0 Å². The lowest BCUT2D eigenvalue weighted by atomic mass is 9.92. The van der Waals surface area contributed by atoms with Crippen molar-refractivity contribution >= 4 is 10.0 Å². The second-order valence-corrected chi connectivity index (χ2v) is 5.89. The standard InChI is InChI=1S/C12H17N3O2S/c1-9(12(8-13)18(14,16)17)10-4-6-11(7-5-10)15(2)3/h4,6-7,10H,5H2,1-3H3,(H2,14,16,17)/b12-9+. The Hall–Kier alpha value is -1.58. The molecule has 0 saturated carbocycles. The highest BCUT2D eigenvalue weighted by molar-refractivity contribution is 7.93. The van der Waals surface area contributed by atoms with Crippen molar-refractivity contribution < 1.29 is 8.42 Å². The molecule has 0 heterocycles. The van der Waals surface area contributed by atoms with Crippen molar-refractivity contribution in [3.05, 3.63) is 34.4 Å². The smallest absolute Gasteiger partial charge is 0.248 e. The van der Waals surface area contributed by atoms with E-state index in [4.69, 9.17) is 10.4 Å². The molecule has 0 spiro atoms. The Morgan fingerprint density at radius 2 is 2.17 bits per heavy atom. The molecule has 1 atom stereocenters. The van der Waals surface area contributed by atoms with E-state index in [0.717, 1.165) is 5.70 Å². The molecule has 0 radical (unpaired) electrons. The van der Waals surface area contributed by atoms with Crippen molar-refractivity contribution in [2.75, 3.05) is 14.1 Å². The van der Waals surface area contributed by atoms with Crippen LogP contribution in [0.2, 0.25) is 0 Å². The highest BCUT2D eigenvalue weighted by Gasteiger charge is 2.21. The van der Waals surface area contributed by atoms with Gasteiger partial charge in [0.25, 0.3) is 0 Å². The van der Waals surface area contributed by atoms with Gasteiger partial charge in [-0.3, -0.25) is 0 Å². The lowest BCUT2D eigenvalue weighted by molar-refractivity contribution is 0.518. The second-order valence-electron chi connectivity index (χ2n) is 4.39. The maximum absolute atomic E-state index is 11.3.